The summed E-state index contributed by atoms with van der Waals surface area (Å²) in [6.07, 6.45) is 4.93. The van der Waals surface area contributed by atoms with E-state index < -0.39 is 0 Å². The SMILES string of the molecule is COc1ccc(CCC(=O)N2CCC3CCC(C2)N3)cc1Br.Cl. The van der Waals surface area contributed by atoms with Gasteiger partial charge >= 0.3 is 0 Å². The molecule has 0 saturated carbocycles. The Morgan fingerprint density at radius 2 is 2.13 bits per heavy atom. The summed E-state index contributed by atoms with van der Waals surface area (Å²) in [7, 11) is 1.66. The number of carbonyl (C=O) groups is 1. The lowest BCUT2D eigenvalue weighted by Crippen LogP contribution is -2.39. The highest BCUT2D eigenvalue weighted by molar-refractivity contribution is 9.10. The predicted molar refractivity (Wildman–Crippen MR) is 97.4 cm³/mol. The van der Waals surface area contributed by atoms with E-state index >= 15 is 0 Å². The van der Waals surface area contributed by atoms with Crippen molar-refractivity contribution in [1.82, 2.24) is 10.2 Å². The molecule has 23 heavy (non-hydrogen) atoms. The molecule has 2 aliphatic heterocycles. The molecule has 0 spiro atoms. The Bertz CT molecular complexity index is 555. The molecule has 2 saturated heterocycles. The van der Waals surface area contributed by atoms with Crippen molar-refractivity contribution in [3.05, 3.63) is 28.2 Å². The predicted octanol–water partition coefficient (Wildman–Crippen LogP) is 3.17. The van der Waals surface area contributed by atoms with E-state index in [0.717, 1.165) is 41.7 Å². The van der Waals surface area contributed by atoms with E-state index in [9.17, 15) is 4.79 Å². The molecule has 2 heterocycles. The van der Waals surface area contributed by atoms with Crippen molar-refractivity contribution in [3.8, 4) is 5.75 Å². The van der Waals surface area contributed by atoms with Crippen molar-refractivity contribution in [3.63, 3.8) is 0 Å². The number of nitrogens with one attached hydrogen (secondary N) is 1. The number of fused-ring (bicyclic) bond motifs is 2. The first kappa shape index (κ1) is 18.6. The van der Waals surface area contributed by atoms with E-state index in [1.165, 1.54) is 12.8 Å². The van der Waals surface area contributed by atoms with Gasteiger partial charge in [0.1, 0.15) is 5.75 Å². The van der Waals surface area contributed by atoms with E-state index in [1.54, 1.807) is 7.11 Å². The van der Waals surface area contributed by atoms with Crippen molar-refractivity contribution >= 4 is 34.2 Å². The quantitative estimate of drug-likeness (QED) is 0.839. The standard InChI is InChI=1S/C17H23BrN2O2.ClH/c1-22-16-6-2-12(10-15(16)18)3-7-17(21)20-9-8-13-4-5-14(11-20)19-13;/h2,6,10,13-14,19H,3-5,7-9,11H2,1H3;1H. The van der Waals surface area contributed by atoms with Crippen LogP contribution in [-0.2, 0) is 11.2 Å². The molecule has 2 aliphatic rings. The maximum absolute atomic E-state index is 12.5. The minimum absolute atomic E-state index is 0. The fourth-order valence-corrected chi connectivity index (χ4v) is 4.03. The van der Waals surface area contributed by atoms with Crippen LogP contribution in [0.2, 0.25) is 0 Å². The average Bonchev–Trinajstić information content (AvgIpc) is 2.84. The zero-order valence-electron chi connectivity index (χ0n) is 13.4. The van der Waals surface area contributed by atoms with Gasteiger partial charge in [0.05, 0.1) is 11.6 Å². The largest absolute Gasteiger partial charge is 0.496 e. The highest BCUT2D eigenvalue weighted by atomic mass is 79.9. The van der Waals surface area contributed by atoms with E-state index in [-0.39, 0.29) is 18.3 Å². The van der Waals surface area contributed by atoms with Gasteiger partial charge in [-0.1, -0.05) is 6.07 Å². The molecule has 1 N–H and O–H groups in total. The molecule has 0 aromatic heterocycles. The summed E-state index contributed by atoms with van der Waals surface area (Å²) >= 11 is 3.49. The maximum Gasteiger partial charge on any atom is 0.222 e. The molecule has 2 bridgehead atoms. The third-order valence-electron chi connectivity index (χ3n) is 4.72. The molecule has 128 valence electrons. The monoisotopic (exact) mass is 402 g/mol. The Balaban J connectivity index is 0.00000192. The number of hydrogen-bond acceptors (Lipinski definition) is 3. The molecular formula is C17H24BrClN2O2. The van der Waals surface area contributed by atoms with E-state index in [2.05, 4.69) is 26.1 Å². The molecule has 2 unspecified atom stereocenters. The van der Waals surface area contributed by atoms with Gasteiger partial charge in [-0.2, -0.15) is 0 Å². The van der Waals surface area contributed by atoms with Gasteiger partial charge in [-0.25, -0.2) is 0 Å². The smallest absolute Gasteiger partial charge is 0.222 e. The number of nitrogens with zero attached hydrogens (tertiary/aromatic N) is 1. The summed E-state index contributed by atoms with van der Waals surface area (Å²) < 4.78 is 6.17. The zero-order chi connectivity index (χ0) is 15.5. The molecular weight excluding hydrogens is 380 g/mol. The van der Waals surface area contributed by atoms with Gasteiger partial charge in [0.2, 0.25) is 5.91 Å². The lowest BCUT2D eigenvalue weighted by Gasteiger charge is -2.24. The van der Waals surface area contributed by atoms with Crippen molar-refractivity contribution in [2.24, 2.45) is 0 Å². The van der Waals surface area contributed by atoms with Gasteiger partial charge < -0.3 is 15.0 Å². The van der Waals surface area contributed by atoms with Gasteiger partial charge in [0.15, 0.2) is 0 Å². The Morgan fingerprint density at radius 3 is 2.87 bits per heavy atom. The van der Waals surface area contributed by atoms with Crippen LogP contribution < -0.4 is 10.1 Å². The second kappa shape index (κ2) is 8.36. The topological polar surface area (TPSA) is 41.6 Å². The molecule has 4 nitrogen and oxygen atoms in total. The van der Waals surface area contributed by atoms with E-state index in [4.69, 9.17) is 4.74 Å². The number of methoxy groups -OCH3 is 1. The summed E-state index contributed by atoms with van der Waals surface area (Å²) in [5.41, 5.74) is 1.16. The summed E-state index contributed by atoms with van der Waals surface area (Å²) in [4.78, 5) is 14.5. The molecule has 0 radical (unpaired) electrons. The van der Waals surface area contributed by atoms with E-state index in [0.29, 0.717) is 18.5 Å². The van der Waals surface area contributed by atoms with Crippen molar-refractivity contribution in [2.75, 3.05) is 20.2 Å². The molecule has 1 amide bonds. The van der Waals surface area contributed by atoms with Gasteiger partial charge in [-0.05, 0) is 59.3 Å². The Labute approximate surface area is 152 Å². The number of aryl methyl sites for hydroxylation is 1. The number of carbonyl (C=O) groups excluding carboxylic acids is 1. The van der Waals surface area contributed by atoms with Gasteiger partial charge in [0.25, 0.3) is 0 Å². The van der Waals surface area contributed by atoms with Crippen molar-refractivity contribution < 1.29 is 9.53 Å². The number of ether oxygens (including phenoxy) is 1. The minimum Gasteiger partial charge on any atom is -0.496 e. The van der Waals surface area contributed by atoms with Crippen LogP contribution in [0.4, 0.5) is 0 Å². The third kappa shape index (κ3) is 4.61. The van der Waals surface area contributed by atoms with Crippen LogP contribution in [0.25, 0.3) is 0 Å². The van der Waals surface area contributed by atoms with Crippen LogP contribution in [-0.4, -0.2) is 43.1 Å². The molecule has 1 aromatic rings. The highest BCUT2D eigenvalue weighted by Gasteiger charge is 2.30. The maximum atomic E-state index is 12.5. The molecule has 0 aliphatic carbocycles. The fourth-order valence-electron chi connectivity index (χ4n) is 3.44. The molecule has 2 fully saturated rings. The van der Waals surface area contributed by atoms with Crippen LogP contribution in [0, 0.1) is 0 Å². The summed E-state index contributed by atoms with van der Waals surface area (Å²) in [6, 6.07) is 7.14. The fraction of sp³-hybridized carbons (Fsp3) is 0.588. The summed E-state index contributed by atoms with van der Waals surface area (Å²) in [6.45, 7) is 1.78. The average molecular weight is 404 g/mol. The molecule has 2 atom stereocenters. The number of hydrogen-bond donors (Lipinski definition) is 1. The highest BCUT2D eigenvalue weighted by Crippen LogP contribution is 2.26. The normalized spacial score (nSPS) is 23.1. The van der Waals surface area contributed by atoms with Crippen LogP contribution in [0.3, 0.4) is 0 Å². The first-order valence-electron chi connectivity index (χ1n) is 8.02. The minimum atomic E-state index is 0. The van der Waals surface area contributed by atoms with Gasteiger partial charge in [-0.15, -0.1) is 12.4 Å². The summed E-state index contributed by atoms with van der Waals surface area (Å²) in [5, 5.41) is 3.62. The zero-order valence-corrected chi connectivity index (χ0v) is 15.8. The van der Waals surface area contributed by atoms with Crippen LogP contribution >= 0.6 is 28.3 Å². The number of likely N-dealkylation sites (tertiary alicyclic amines) is 1. The van der Waals surface area contributed by atoms with E-state index in [1.807, 2.05) is 18.2 Å². The third-order valence-corrected chi connectivity index (χ3v) is 5.34. The Kier molecular flexibility index (Phi) is 6.74. The first-order valence-corrected chi connectivity index (χ1v) is 8.81. The first-order chi connectivity index (χ1) is 10.7. The van der Waals surface area contributed by atoms with Crippen LogP contribution in [0.1, 0.15) is 31.2 Å². The summed E-state index contributed by atoms with van der Waals surface area (Å²) in [5.74, 6) is 1.10. The molecule has 3 rings (SSSR count). The second-order valence-corrected chi connectivity index (χ2v) is 7.09. The van der Waals surface area contributed by atoms with Gasteiger partial charge in [-0.3, -0.25) is 4.79 Å². The van der Waals surface area contributed by atoms with Crippen molar-refractivity contribution in [2.45, 2.75) is 44.2 Å². The van der Waals surface area contributed by atoms with Crippen molar-refractivity contribution in [1.29, 1.82) is 0 Å². The van der Waals surface area contributed by atoms with Crippen LogP contribution in [0.5, 0.6) is 5.75 Å². The molecule has 6 heteroatoms. The van der Waals surface area contributed by atoms with Gasteiger partial charge in [0, 0.05) is 31.6 Å². The number of rotatable bonds is 4. The Hall–Kier alpha value is -0.780. The Morgan fingerprint density at radius 1 is 1.35 bits per heavy atom. The second-order valence-electron chi connectivity index (χ2n) is 6.24. The number of halogens is 2. The van der Waals surface area contributed by atoms with Crippen LogP contribution in [0.15, 0.2) is 22.7 Å². The number of amides is 1. The lowest BCUT2D eigenvalue weighted by atomic mass is 10.1. The molecule has 1 aromatic carbocycles. The number of benzene rings is 1. The lowest BCUT2D eigenvalue weighted by molar-refractivity contribution is -0.131.